The van der Waals surface area contributed by atoms with Crippen molar-refractivity contribution < 1.29 is 4.79 Å². The van der Waals surface area contributed by atoms with Gasteiger partial charge in [0.05, 0.1) is 0 Å². The van der Waals surface area contributed by atoms with Gasteiger partial charge in [-0.05, 0) is 31.5 Å². The van der Waals surface area contributed by atoms with Gasteiger partial charge in [-0.15, -0.1) is 6.58 Å². The van der Waals surface area contributed by atoms with Crippen molar-refractivity contribution >= 4 is 5.91 Å². The van der Waals surface area contributed by atoms with E-state index in [0.29, 0.717) is 6.54 Å². The van der Waals surface area contributed by atoms with E-state index in [4.69, 9.17) is 0 Å². The number of aromatic nitrogens is 1. The molecule has 1 amide bonds. The number of carbonyl (C=O) groups is 1. The molecular formula is C18H26N4O. The second-order valence-corrected chi connectivity index (χ2v) is 6.63. The first kappa shape index (κ1) is 16.1. The Hall–Kier alpha value is -1.72. The molecule has 3 rings (SSSR count). The summed E-state index contributed by atoms with van der Waals surface area (Å²) in [5.41, 5.74) is 0.923. The smallest absolute Gasteiger partial charge is 0.243 e. The zero-order valence-electron chi connectivity index (χ0n) is 13.9. The number of rotatable bonds is 4. The van der Waals surface area contributed by atoms with E-state index in [0.717, 1.165) is 45.6 Å². The average Bonchev–Trinajstić information content (AvgIpc) is 2.58. The highest BCUT2D eigenvalue weighted by molar-refractivity contribution is 5.87. The first-order chi connectivity index (χ1) is 11.2. The molecule has 0 bridgehead atoms. The molecule has 2 saturated heterocycles. The lowest BCUT2D eigenvalue weighted by Gasteiger charge is -2.51. The van der Waals surface area contributed by atoms with E-state index in [2.05, 4.69) is 34.5 Å². The highest BCUT2D eigenvalue weighted by atomic mass is 16.2. The molecule has 2 aliphatic rings. The summed E-state index contributed by atoms with van der Waals surface area (Å²) in [7, 11) is 2.10. The Bertz CT molecular complexity index is 551. The summed E-state index contributed by atoms with van der Waals surface area (Å²) in [4.78, 5) is 23.8. The van der Waals surface area contributed by atoms with Gasteiger partial charge in [0.25, 0.3) is 0 Å². The number of hydrogen-bond acceptors (Lipinski definition) is 4. The fourth-order valence-corrected chi connectivity index (χ4v) is 3.80. The van der Waals surface area contributed by atoms with Crippen molar-refractivity contribution in [3.8, 4) is 0 Å². The van der Waals surface area contributed by atoms with Gasteiger partial charge in [0.1, 0.15) is 5.54 Å². The van der Waals surface area contributed by atoms with Crippen LogP contribution in [0.2, 0.25) is 0 Å². The summed E-state index contributed by atoms with van der Waals surface area (Å²) in [6.45, 7) is 9.01. The molecule has 1 aromatic heterocycles. The molecule has 2 fully saturated rings. The van der Waals surface area contributed by atoms with Crippen molar-refractivity contribution in [2.24, 2.45) is 0 Å². The molecule has 23 heavy (non-hydrogen) atoms. The molecule has 0 atom stereocenters. The van der Waals surface area contributed by atoms with Crippen LogP contribution < -0.4 is 0 Å². The summed E-state index contributed by atoms with van der Waals surface area (Å²) in [6, 6.07) is 4.09. The number of pyridine rings is 1. The van der Waals surface area contributed by atoms with Crippen LogP contribution in [0.3, 0.4) is 0 Å². The zero-order chi connectivity index (χ0) is 16.3. The second-order valence-electron chi connectivity index (χ2n) is 6.63. The molecule has 2 aliphatic heterocycles. The Morgan fingerprint density at radius 2 is 2.09 bits per heavy atom. The third-order valence-corrected chi connectivity index (χ3v) is 5.28. The third kappa shape index (κ3) is 3.16. The molecule has 5 heteroatoms. The van der Waals surface area contributed by atoms with Crippen LogP contribution >= 0.6 is 0 Å². The molecule has 0 unspecified atom stereocenters. The van der Waals surface area contributed by atoms with Crippen LogP contribution in [0.25, 0.3) is 0 Å². The van der Waals surface area contributed by atoms with Crippen molar-refractivity contribution in [2.45, 2.75) is 24.9 Å². The Morgan fingerprint density at radius 3 is 2.74 bits per heavy atom. The van der Waals surface area contributed by atoms with E-state index in [1.54, 1.807) is 6.20 Å². The minimum absolute atomic E-state index is 0.284. The molecule has 1 aromatic rings. The van der Waals surface area contributed by atoms with Gasteiger partial charge in [-0.1, -0.05) is 12.1 Å². The largest absolute Gasteiger partial charge is 0.336 e. The van der Waals surface area contributed by atoms with Gasteiger partial charge in [0.2, 0.25) is 5.91 Å². The Morgan fingerprint density at radius 1 is 1.30 bits per heavy atom. The highest BCUT2D eigenvalue weighted by Gasteiger charge is 2.48. The Balaban J connectivity index is 1.66. The maximum absolute atomic E-state index is 13.0. The number of likely N-dealkylation sites (N-methyl/N-ethyl adjacent to an activating group) is 1. The molecule has 5 nitrogen and oxygen atoms in total. The van der Waals surface area contributed by atoms with Crippen molar-refractivity contribution in [3.05, 3.63) is 42.7 Å². The van der Waals surface area contributed by atoms with E-state index >= 15 is 0 Å². The predicted octanol–water partition coefficient (Wildman–Crippen LogP) is 1.38. The average molecular weight is 314 g/mol. The van der Waals surface area contributed by atoms with Crippen molar-refractivity contribution in [1.82, 2.24) is 19.7 Å². The second kappa shape index (κ2) is 6.81. The fourth-order valence-electron chi connectivity index (χ4n) is 3.80. The summed E-state index contributed by atoms with van der Waals surface area (Å²) >= 11 is 0. The SMILES string of the molecule is C=CCN1CCN(C)C2(CCN(Cc3cccnc3)CC2)C1=O. The van der Waals surface area contributed by atoms with E-state index < -0.39 is 0 Å². The number of likely N-dealkylation sites (tertiary alicyclic amines) is 1. The van der Waals surface area contributed by atoms with Crippen LogP contribution in [0.15, 0.2) is 37.2 Å². The van der Waals surface area contributed by atoms with E-state index in [9.17, 15) is 4.79 Å². The van der Waals surface area contributed by atoms with E-state index in [1.807, 2.05) is 23.2 Å². The number of amides is 1. The first-order valence-corrected chi connectivity index (χ1v) is 8.38. The number of nitrogens with zero attached hydrogens (tertiary/aromatic N) is 4. The normalized spacial score (nSPS) is 22.5. The molecule has 0 saturated carbocycles. The van der Waals surface area contributed by atoms with Gasteiger partial charge < -0.3 is 4.90 Å². The highest BCUT2D eigenvalue weighted by Crippen LogP contribution is 2.33. The lowest BCUT2D eigenvalue weighted by atomic mass is 9.82. The van der Waals surface area contributed by atoms with Crippen molar-refractivity contribution in [2.75, 3.05) is 39.8 Å². The Kier molecular flexibility index (Phi) is 4.78. The van der Waals surface area contributed by atoms with Gasteiger partial charge in [0.15, 0.2) is 0 Å². The Labute approximate surface area is 138 Å². The third-order valence-electron chi connectivity index (χ3n) is 5.28. The lowest BCUT2D eigenvalue weighted by molar-refractivity contribution is -0.153. The monoisotopic (exact) mass is 314 g/mol. The summed E-state index contributed by atoms with van der Waals surface area (Å²) in [5.74, 6) is 0.284. The zero-order valence-corrected chi connectivity index (χ0v) is 13.9. The van der Waals surface area contributed by atoms with E-state index in [1.165, 1.54) is 5.56 Å². The van der Waals surface area contributed by atoms with Gasteiger partial charge in [-0.2, -0.15) is 0 Å². The molecule has 0 aliphatic carbocycles. The summed E-state index contributed by atoms with van der Waals surface area (Å²) < 4.78 is 0. The van der Waals surface area contributed by atoms with Crippen molar-refractivity contribution in [1.29, 1.82) is 0 Å². The van der Waals surface area contributed by atoms with Gasteiger partial charge in [-0.3, -0.25) is 19.6 Å². The maximum Gasteiger partial charge on any atom is 0.243 e. The maximum atomic E-state index is 13.0. The minimum Gasteiger partial charge on any atom is -0.336 e. The van der Waals surface area contributed by atoms with E-state index in [-0.39, 0.29) is 11.4 Å². The fraction of sp³-hybridized carbons (Fsp3) is 0.556. The lowest BCUT2D eigenvalue weighted by Crippen LogP contribution is -2.67. The van der Waals surface area contributed by atoms with Crippen LogP contribution in [0.5, 0.6) is 0 Å². The molecule has 1 spiro atoms. The van der Waals surface area contributed by atoms with Gasteiger partial charge >= 0.3 is 0 Å². The number of carbonyl (C=O) groups excluding carboxylic acids is 1. The van der Waals surface area contributed by atoms with Gasteiger partial charge in [-0.25, -0.2) is 0 Å². The number of piperidine rings is 1. The van der Waals surface area contributed by atoms with Gasteiger partial charge in [0, 0.05) is 51.7 Å². The van der Waals surface area contributed by atoms with Crippen LogP contribution in [0.4, 0.5) is 0 Å². The molecule has 0 N–H and O–H groups in total. The van der Waals surface area contributed by atoms with Crippen LogP contribution in [-0.4, -0.2) is 70.9 Å². The minimum atomic E-state index is -0.313. The first-order valence-electron chi connectivity index (χ1n) is 8.38. The van der Waals surface area contributed by atoms with Crippen LogP contribution in [0.1, 0.15) is 18.4 Å². The summed E-state index contributed by atoms with van der Waals surface area (Å²) in [6.07, 6.45) is 7.35. The topological polar surface area (TPSA) is 39.7 Å². The quantitative estimate of drug-likeness (QED) is 0.787. The molecule has 3 heterocycles. The van der Waals surface area contributed by atoms with Crippen LogP contribution in [-0.2, 0) is 11.3 Å². The number of piperazine rings is 1. The number of hydrogen-bond donors (Lipinski definition) is 0. The summed E-state index contributed by atoms with van der Waals surface area (Å²) in [5, 5.41) is 0. The molecular weight excluding hydrogens is 288 g/mol. The van der Waals surface area contributed by atoms with Crippen LogP contribution in [0, 0.1) is 0 Å². The van der Waals surface area contributed by atoms with Crippen molar-refractivity contribution in [3.63, 3.8) is 0 Å². The molecule has 0 radical (unpaired) electrons. The predicted molar refractivity (Wildman–Crippen MR) is 90.9 cm³/mol. The molecule has 0 aromatic carbocycles. The standard InChI is InChI=1S/C18H26N4O/c1-3-9-22-13-12-20(2)18(17(22)23)6-10-21(11-7-18)15-16-5-4-8-19-14-16/h3-5,8,14H,1,6-7,9-13,15H2,2H3. The molecule has 124 valence electrons.